The minimum Gasteiger partial charge on any atom is -0.326 e. The number of carbonyl (C=O) groups is 2. The van der Waals surface area contributed by atoms with E-state index >= 15 is 0 Å². The van der Waals surface area contributed by atoms with E-state index in [0.29, 0.717) is 24.2 Å². The van der Waals surface area contributed by atoms with Crippen molar-refractivity contribution in [1.29, 1.82) is 0 Å². The number of benzene rings is 1. The monoisotopic (exact) mass is 291 g/mol. The van der Waals surface area contributed by atoms with E-state index in [4.69, 9.17) is 5.73 Å². The van der Waals surface area contributed by atoms with Gasteiger partial charge in [-0.15, -0.1) is 0 Å². The fourth-order valence-electron chi connectivity index (χ4n) is 1.75. The first-order valence-electron chi connectivity index (χ1n) is 7.33. The summed E-state index contributed by atoms with van der Waals surface area (Å²) in [5.74, 6) is -0.299. The van der Waals surface area contributed by atoms with E-state index in [9.17, 15) is 9.59 Å². The number of hydrogen-bond acceptors (Lipinski definition) is 3. The van der Waals surface area contributed by atoms with Gasteiger partial charge in [0.25, 0.3) is 0 Å². The van der Waals surface area contributed by atoms with Crippen LogP contribution in [0.25, 0.3) is 0 Å². The van der Waals surface area contributed by atoms with Gasteiger partial charge < -0.3 is 16.4 Å². The second-order valence-corrected chi connectivity index (χ2v) is 5.54. The van der Waals surface area contributed by atoms with Gasteiger partial charge in [-0.2, -0.15) is 0 Å². The van der Waals surface area contributed by atoms with Crippen molar-refractivity contribution in [3.8, 4) is 0 Å². The van der Waals surface area contributed by atoms with E-state index in [2.05, 4.69) is 10.6 Å². The zero-order chi connectivity index (χ0) is 16.0. The molecule has 1 aromatic rings. The van der Waals surface area contributed by atoms with Gasteiger partial charge in [-0.25, -0.2) is 0 Å². The van der Waals surface area contributed by atoms with Crippen LogP contribution in [0.1, 0.15) is 40.5 Å². The molecule has 1 aromatic carbocycles. The van der Waals surface area contributed by atoms with Crippen molar-refractivity contribution in [3.05, 3.63) is 24.3 Å². The Labute approximate surface area is 126 Å². The molecule has 2 amide bonds. The van der Waals surface area contributed by atoms with Crippen molar-refractivity contribution in [1.82, 2.24) is 0 Å². The van der Waals surface area contributed by atoms with Gasteiger partial charge in [-0.3, -0.25) is 9.59 Å². The summed E-state index contributed by atoms with van der Waals surface area (Å²) in [7, 11) is 0. The zero-order valence-electron chi connectivity index (χ0n) is 13.2. The number of anilines is 2. The van der Waals surface area contributed by atoms with Crippen LogP contribution in [-0.4, -0.2) is 17.4 Å². The van der Waals surface area contributed by atoms with Crippen LogP contribution < -0.4 is 16.4 Å². The Bertz CT molecular complexity index is 491. The quantitative estimate of drug-likeness (QED) is 0.753. The van der Waals surface area contributed by atoms with Crippen LogP contribution >= 0.6 is 0 Å². The molecule has 0 aliphatic heterocycles. The summed E-state index contributed by atoms with van der Waals surface area (Å²) in [6.45, 7) is 7.46. The molecular weight excluding hydrogens is 266 g/mol. The molecule has 5 heteroatoms. The van der Waals surface area contributed by atoms with Crippen LogP contribution in [-0.2, 0) is 9.59 Å². The summed E-state index contributed by atoms with van der Waals surface area (Å²) in [4.78, 5) is 23.7. The lowest BCUT2D eigenvalue weighted by molar-refractivity contribution is -0.121. The summed E-state index contributed by atoms with van der Waals surface area (Å²) in [6, 6.07) is 7.01. The number of hydrogen-bond donors (Lipinski definition) is 3. The normalized spacial score (nSPS) is 11.3. The Balaban J connectivity index is 2.71. The van der Waals surface area contributed by atoms with Crippen LogP contribution in [0.4, 0.5) is 11.4 Å². The molecule has 116 valence electrons. The van der Waals surface area contributed by atoms with Gasteiger partial charge in [0, 0.05) is 17.3 Å². The molecule has 21 heavy (non-hydrogen) atoms. The minimum absolute atomic E-state index is 0.0373. The molecule has 0 aromatic heterocycles. The zero-order valence-corrected chi connectivity index (χ0v) is 13.2. The molecule has 4 N–H and O–H groups in total. The topological polar surface area (TPSA) is 84.2 Å². The lowest BCUT2D eigenvalue weighted by Gasteiger charge is -2.25. The standard InChI is InChI=1S/C16H25N3O2/c1-5-16(17,6-2)15(21)19-13-9-7-12(8-10-13)18-14(20)11(3)4/h7-11H,5-6,17H2,1-4H3,(H,18,20)(H,19,21). The largest absolute Gasteiger partial charge is 0.326 e. The molecule has 0 radical (unpaired) electrons. The molecule has 0 aliphatic carbocycles. The smallest absolute Gasteiger partial charge is 0.244 e. The third-order valence-corrected chi connectivity index (χ3v) is 3.65. The van der Waals surface area contributed by atoms with E-state index < -0.39 is 5.54 Å². The molecule has 5 nitrogen and oxygen atoms in total. The maximum Gasteiger partial charge on any atom is 0.244 e. The molecule has 0 heterocycles. The number of nitrogens with one attached hydrogen (secondary N) is 2. The van der Waals surface area contributed by atoms with Crippen molar-refractivity contribution in [2.24, 2.45) is 11.7 Å². The third kappa shape index (κ3) is 4.56. The minimum atomic E-state index is -0.843. The van der Waals surface area contributed by atoms with Crippen LogP contribution in [0.2, 0.25) is 0 Å². The molecule has 0 aliphatic rings. The Morgan fingerprint density at radius 2 is 1.48 bits per heavy atom. The van der Waals surface area contributed by atoms with Crippen molar-refractivity contribution in [3.63, 3.8) is 0 Å². The number of carbonyl (C=O) groups excluding carboxylic acids is 2. The van der Waals surface area contributed by atoms with Gasteiger partial charge in [-0.1, -0.05) is 27.7 Å². The average Bonchev–Trinajstić information content (AvgIpc) is 2.48. The average molecular weight is 291 g/mol. The summed E-state index contributed by atoms with van der Waals surface area (Å²) in [5.41, 5.74) is 6.58. The van der Waals surface area contributed by atoms with Gasteiger partial charge in [0.15, 0.2) is 0 Å². The highest BCUT2D eigenvalue weighted by Gasteiger charge is 2.29. The predicted molar refractivity (Wildman–Crippen MR) is 86.0 cm³/mol. The Hall–Kier alpha value is -1.88. The first kappa shape index (κ1) is 17.2. The molecule has 0 atom stereocenters. The highest BCUT2D eigenvalue weighted by atomic mass is 16.2. The maximum atomic E-state index is 12.1. The first-order chi connectivity index (χ1) is 9.82. The molecule has 0 saturated carbocycles. The van der Waals surface area contributed by atoms with Gasteiger partial charge in [0.05, 0.1) is 5.54 Å². The SMILES string of the molecule is CCC(N)(CC)C(=O)Nc1ccc(NC(=O)C(C)C)cc1. The second-order valence-electron chi connectivity index (χ2n) is 5.54. The Morgan fingerprint density at radius 3 is 1.86 bits per heavy atom. The van der Waals surface area contributed by atoms with Crippen molar-refractivity contribution in [2.75, 3.05) is 10.6 Å². The fourth-order valence-corrected chi connectivity index (χ4v) is 1.75. The lowest BCUT2D eigenvalue weighted by atomic mass is 9.93. The third-order valence-electron chi connectivity index (χ3n) is 3.65. The summed E-state index contributed by atoms with van der Waals surface area (Å²) < 4.78 is 0. The highest BCUT2D eigenvalue weighted by molar-refractivity contribution is 5.98. The Kier molecular flexibility index (Phi) is 5.90. The molecule has 1 rings (SSSR count). The number of amides is 2. The molecule has 0 saturated heterocycles. The summed E-state index contributed by atoms with van der Waals surface area (Å²) in [6.07, 6.45) is 1.16. The van der Waals surface area contributed by atoms with E-state index in [0.717, 1.165) is 0 Å². The summed E-state index contributed by atoms with van der Waals surface area (Å²) >= 11 is 0. The van der Waals surface area contributed by atoms with Crippen LogP contribution in [0.3, 0.4) is 0 Å². The molecule has 0 spiro atoms. The molecule has 0 unspecified atom stereocenters. The predicted octanol–water partition coefficient (Wildman–Crippen LogP) is 2.74. The van der Waals surface area contributed by atoms with E-state index in [-0.39, 0.29) is 17.7 Å². The fraction of sp³-hybridized carbons (Fsp3) is 0.500. The number of rotatable bonds is 6. The van der Waals surface area contributed by atoms with Gasteiger partial charge in [0.2, 0.25) is 11.8 Å². The second kappa shape index (κ2) is 7.22. The van der Waals surface area contributed by atoms with Gasteiger partial charge in [0.1, 0.15) is 0 Å². The molecule has 0 fully saturated rings. The van der Waals surface area contributed by atoms with Crippen molar-refractivity contribution < 1.29 is 9.59 Å². The lowest BCUT2D eigenvalue weighted by Crippen LogP contribution is -2.50. The van der Waals surface area contributed by atoms with E-state index in [1.165, 1.54) is 0 Å². The number of nitrogens with two attached hydrogens (primary N) is 1. The Morgan fingerprint density at radius 1 is 1.05 bits per heavy atom. The van der Waals surface area contributed by atoms with Crippen LogP contribution in [0.15, 0.2) is 24.3 Å². The van der Waals surface area contributed by atoms with Gasteiger partial charge >= 0.3 is 0 Å². The molecular formula is C16H25N3O2. The van der Waals surface area contributed by atoms with Crippen molar-refractivity contribution >= 4 is 23.2 Å². The summed E-state index contributed by atoms with van der Waals surface area (Å²) in [5, 5.41) is 5.61. The molecule has 0 bridgehead atoms. The van der Waals surface area contributed by atoms with Gasteiger partial charge in [-0.05, 0) is 37.1 Å². The first-order valence-corrected chi connectivity index (χ1v) is 7.33. The van der Waals surface area contributed by atoms with Crippen LogP contribution in [0.5, 0.6) is 0 Å². The van der Waals surface area contributed by atoms with Crippen molar-refractivity contribution in [2.45, 2.75) is 46.1 Å². The maximum absolute atomic E-state index is 12.1. The van der Waals surface area contributed by atoms with E-state index in [1.807, 2.05) is 27.7 Å². The highest BCUT2D eigenvalue weighted by Crippen LogP contribution is 2.18. The van der Waals surface area contributed by atoms with Crippen LogP contribution in [0, 0.1) is 5.92 Å². The van der Waals surface area contributed by atoms with E-state index in [1.54, 1.807) is 24.3 Å².